The number of carbonyl (C=O) groups excluding carboxylic acids is 1. The molecule has 0 unspecified atom stereocenters. The number of alkyl halides is 6. The van der Waals surface area contributed by atoms with Gasteiger partial charge >= 0.3 is 12.4 Å². The van der Waals surface area contributed by atoms with Gasteiger partial charge in [0.1, 0.15) is 5.69 Å². The van der Waals surface area contributed by atoms with E-state index in [1.807, 2.05) is 0 Å². The summed E-state index contributed by atoms with van der Waals surface area (Å²) in [6.07, 6.45) is -8.81. The topological polar surface area (TPSA) is 60.9 Å². The van der Waals surface area contributed by atoms with Crippen LogP contribution in [0, 0.1) is 6.92 Å². The molecule has 5 nitrogen and oxygen atoms in total. The average Bonchev–Trinajstić information content (AvgIpc) is 3.51. The van der Waals surface area contributed by atoms with Crippen molar-refractivity contribution in [1.29, 1.82) is 0 Å². The molecule has 0 aliphatic rings. The van der Waals surface area contributed by atoms with Crippen molar-refractivity contribution in [3.63, 3.8) is 0 Å². The molecule has 0 aliphatic heterocycles. The Morgan fingerprint density at radius 2 is 1.51 bits per heavy atom. The monoisotopic (exact) mass is 589 g/mol. The lowest BCUT2D eigenvalue weighted by atomic mass is 9.98. The van der Waals surface area contributed by atoms with Crippen LogP contribution >= 0.6 is 11.6 Å². The zero-order valence-corrected chi connectivity index (χ0v) is 21.8. The molecule has 0 bridgehead atoms. The highest BCUT2D eigenvalue weighted by Crippen LogP contribution is 2.38. The number of benzene rings is 3. The molecule has 3 aromatic carbocycles. The third-order valence-electron chi connectivity index (χ3n) is 6.31. The third-order valence-corrected chi connectivity index (χ3v) is 6.64. The second-order valence-corrected chi connectivity index (χ2v) is 9.54. The molecule has 12 heteroatoms. The summed E-state index contributed by atoms with van der Waals surface area (Å²) < 4.78 is 87.6. The lowest BCUT2D eigenvalue weighted by Gasteiger charge is -2.16. The predicted molar refractivity (Wildman–Crippen MR) is 138 cm³/mol. The first kappa shape index (κ1) is 28.2. The Hall–Kier alpha value is -4.38. The Morgan fingerprint density at radius 3 is 2.12 bits per heavy atom. The molecule has 0 amide bonds. The van der Waals surface area contributed by atoms with E-state index in [-0.39, 0.29) is 40.0 Å². The Kier molecular flexibility index (Phi) is 7.24. The molecule has 0 fully saturated rings. The van der Waals surface area contributed by atoms with E-state index in [2.05, 4.69) is 10.1 Å². The lowest BCUT2D eigenvalue weighted by molar-refractivity contribution is -0.143. The Morgan fingerprint density at radius 1 is 0.902 bits per heavy atom. The maximum Gasteiger partial charge on any atom is 0.416 e. The Balaban J connectivity index is 1.65. The summed E-state index contributed by atoms with van der Waals surface area (Å²) in [5, 5.41) is 4.22. The quantitative estimate of drug-likeness (QED) is 0.147. The Bertz CT molecular complexity index is 1710. The number of aromatic nitrogens is 3. The van der Waals surface area contributed by atoms with Crippen LogP contribution in [-0.4, -0.2) is 20.5 Å². The van der Waals surface area contributed by atoms with E-state index < -0.39 is 35.8 Å². The number of halogens is 7. The SMILES string of the molecule is Cc1noc(-c2ccccc2Cl)c1C(=O)c1ncn(Cc2cc(C(F)(F)F)cc(C(F)(F)F)c2)c1-c1ccccc1. The van der Waals surface area contributed by atoms with E-state index in [4.69, 9.17) is 16.1 Å². The number of hydrogen-bond donors (Lipinski definition) is 0. The zero-order chi connectivity index (χ0) is 29.5. The molecule has 2 heterocycles. The van der Waals surface area contributed by atoms with Gasteiger partial charge < -0.3 is 9.09 Å². The zero-order valence-electron chi connectivity index (χ0n) is 21.0. The number of nitrogens with zero attached hydrogens (tertiary/aromatic N) is 3. The molecule has 210 valence electrons. The van der Waals surface area contributed by atoms with Gasteiger partial charge in [0.25, 0.3) is 0 Å². The standard InChI is InChI=1S/C29H18ClF6N3O2/c1-16-23(27(41-38-16)21-9-5-6-10-22(21)30)26(40)24-25(18-7-3-2-4-8-18)39(15-37-24)14-17-11-19(28(31,32)33)13-20(12-17)29(34,35)36/h2-13,15H,14H2,1H3. The van der Waals surface area contributed by atoms with Gasteiger partial charge in [-0.2, -0.15) is 26.3 Å². The number of rotatable bonds is 6. The van der Waals surface area contributed by atoms with Crippen molar-refractivity contribution in [2.45, 2.75) is 25.8 Å². The summed E-state index contributed by atoms with van der Waals surface area (Å²) in [6, 6.07) is 16.4. The smallest absolute Gasteiger partial charge is 0.355 e. The van der Waals surface area contributed by atoms with Gasteiger partial charge in [-0.3, -0.25) is 4.79 Å². The first-order chi connectivity index (χ1) is 19.3. The molecular weight excluding hydrogens is 572 g/mol. The van der Waals surface area contributed by atoms with Crippen LogP contribution in [0.5, 0.6) is 0 Å². The summed E-state index contributed by atoms with van der Waals surface area (Å²) in [4.78, 5) is 18.2. The van der Waals surface area contributed by atoms with E-state index in [1.165, 1.54) is 10.9 Å². The fourth-order valence-corrected chi connectivity index (χ4v) is 4.68. The summed E-state index contributed by atoms with van der Waals surface area (Å²) >= 11 is 6.32. The van der Waals surface area contributed by atoms with Crippen LogP contribution in [0.25, 0.3) is 22.6 Å². The van der Waals surface area contributed by atoms with Crippen molar-refractivity contribution in [3.8, 4) is 22.6 Å². The minimum atomic E-state index is -5.00. The normalized spacial score (nSPS) is 12.1. The average molecular weight is 590 g/mol. The van der Waals surface area contributed by atoms with Crippen molar-refractivity contribution in [2.75, 3.05) is 0 Å². The van der Waals surface area contributed by atoms with Crippen LogP contribution in [0.15, 0.2) is 83.6 Å². The molecule has 0 N–H and O–H groups in total. The van der Waals surface area contributed by atoms with Crippen molar-refractivity contribution < 1.29 is 35.7 Å². The molecule has 0 saturated heterocycles. The van der Waals surface area contributed by atoms with Crippen molar-refractivity contribution in [2.24, 2.45) is 0 Å². The lowest BCUT2D eigenvalue weighted by Crippen LogP contribution is -2.13. The fourth-order valence-electron chi connectivity index (χ4n) is 4.46. The molecule has 5 rings (SSSR count). The number of ketones is 1. The number of aryl methyl sites for hydroxylation is 1. The van der Waals surface area contributed by atoms with E-state index >= 15 is 0 Å². The summed E-state index contributed by atoms with van der Waals surface area (Å²) in [6.45, 7) is 1.12. The van der Waals surface area contributed by atoms with Crippen LogP contribution in [0.4, 0.5) is 26.3 Å². The molecule has 5 aromatic rings. The van der Waals surface area contributed by atoms with Gasteiger partial charge in [0.15, 0.2) is 5.76 Å². The van der Waals surface area contributed by atoms with Gasteiger partial charge in [0.2, 0.25) is 5.78 Å². The first-order valence-corrected chi connectivity index (χ1v) is 12.4. The molecule has 0 saturated carbocycles. The minimum absolute atomic E-state index is 0.0649. The van der Waals surface area contributed by atoms with E-state index in [0.29, 0.717) is 28.3 Å². The van der Waals surface area contributed by atoms with Crippen LogP contribution in [0.1, 0.15) is 38.4 Å². The Labute approximate surface area is 234 Å². The van der Waals surface area contributed by atoms with Gasteiger partial charge in [-0.25, -0.2) is 4.98 Å². The molecule has 0 spiro atoms. The molecule has 0 aliphatic carbocycles. The van der Waals surface area contributed by atoms with E-state index in [1.54, 1.807) is 61.5 Å². The summed E-state index contributed by atoms with van der Waals surface area (Å²) in [5.41, 5.74) is -1.89. The number of hydrogen-bond acceptors (Lipinski definition) is 4. The van der Waals surface area contributed by atoms with Gasteiger partial charge in [-0.1, -0.05) is 59.2 Å². The minimum Gasteiger partial charge on any atom is -0.355 e. The number of carbonyl (C=O) groups is 1. The maximum absolute atomic E-state index is 13.9. The van der Waals surface area contributed by atoms with Crippen LogP contribution in [0.2, 0.25) is 5.02 Å². The van der Waals surface area contributed by atoms with Crippen molar-refractivity contribution in [1.82, 2.24) is 14.7 Å². The predicted octanol–water partition coefficient (Wildman–Crippen LogP) is 8.48. The van der Waals surface area contributed by atoms with Gasteiger partial charge in [0.05, 0.1) is 39.4 Å². The largest absolute Gasteiger partial charge is 0.416 e. The summed E-state index contributed by atoms with van der Waals surface area (Å²) in [5.74, 6) is -0.518. The second-order valence-electron chi connectivity index (χ2n) is 9.13. The van der Waals surface area contributed by atoms with Crippen LogP contribution < -0.4 is 0 Å². The highest BCUT2D eigenvalue weighted by molar-refractivity contribution is 6.33. The molecule has 41 heavy (non-hydrogen) atoms. The summed E-state index contributed by atoms with van der Waals surface area (Å²) in [7, 11) is 0. The van der Waals surface area contributed by atoms with Crippen LogP contribution in [0.3, 0.4) is 0 Å². The fraction of sp³-hybridized carbons (Fsp3) is 0.138. The molecule has 2 aromatic heterocycles. The molecule has 0 atom stereocenters. The number of imidazole rings is 1. The van der Waals surface area contributed by atoms with Crippen molar-refractivity contribution >= 4 is 17.4 Å². The van der Waals surface area contributed by atoms with Crippen LogP contribution in [-0.2, 0) is 18.9 Å². The van der Waals surface area contributed by atoms with Gasteiger partial charge in [-0.15, -0.1) is 0 Å². The second kappa shape index (κ2) is 10.5. The first-order valence-electron chi connectivity index (χ1n) is 12.0. The van der Waals surface area contributed by atoms with Crippen molar-refractivity contribution in [3.05, 3.63) is 118 Å². The molecular formula is C29H18ClF6N3O2. The molecule has 0 radical (unpaired) electrons. The third kappa shape index (κ3) is 5.62. The van der Waals surface area contributed by atoms with Gasteiger partial charge in [-0.05, 0) is 42.8 Å². The van der Waals surface area contributed by atoms with E-state index in [9.17, 15) is 31.1 Å². The maximum atomic E-state index is 13.9. The highest BCUT2D eigenvalue weighted by Gasteiger charge is 2.37. The highest BCUT2D eigenvalue weighted by atomic mass is 35.5. The van der Waals surface area contributed by atoms with E-state index in [0.717, 1.165) is 0 Å². The van der Waals surface area contributed by atoms with Gasteiger partial charge in [0, 0.05) is 17.7 Å².